The summed E-state index contributed by atoms with van der Waals surface area (Å²) < 4.78 is 0. The van der Waals surface area contributed by atoms with Crippen LogP contribution in [0.4, 0.5) is 0 Å². The Labute approximate surface area is 152 Å². The zero-order valence-electron chi connectivity index (χ0n) is 14.1. The van der Waals surface area contributed by atoms with Crippen LogP contribution in [-0.4, -0.2) is 10.9 Å². The van der Waals surface area contributed by atoms with Gasteiger partial charge in [-0.15, -0.1) is 0 Å². The molecule has 0 fully saturated rings. The maximum Gasteiger partial charge on any atom is 0.238 e. The Morgan fingerprint density at radius 1 is 0.960 bits per heavy atom. The molecule has 0 spiro atoms. The zero-order chi connectivity index (χ0) is 17.5. The number of pyridine rings is 1. The molecule has 0 aliphatic rings. The molecule has 0 aliphatic carbocycles. The van der Waals surface area contributed by atoms with Gasteiger partial charge in [0.2, 0.25) is 5.91 Å². The molecule has 0 saturated carbocycles. The molecular formula is C21H20N2OS. The second-order valence-corrected chi connectivity index (χ2v) is 6.85. The van der Waals surface area contributed by atoms with Crippen LogP contribution in [0.15, 0.2) is 83.9 Å². The first kappa shape index (κ1) is 17.2. The van der Waals surface area contributed by atoms with E-state index in [2.05, 4.69) is 10.3 Å². The van der Waals surface area contributed by atoms with Gasteiger partial charge in [-0.1, -0.05) is 78.5 Å². The number of hydrogen-bond donors (Lipinski definition) is 1. The van der Waals surface area contributed by atoms with Gasteiger partial charge in [-0.05, 0) is 30.2 Å². The van der Waals surface area contributed by atoms with Crippen molar-refractivity contribution in [3.8, 4) is 0 Å². The molecule has 0 saturated heterocycles. The smallest absolute Gasteiger partial charge is 0.238 e. The predicted octanol–water partition coefficient (Wildman–Crippen LogP) is 4.54. The summed E-state index contributed by atoms with van der Waals surface area (Å²) in [7, 11) is 0. The van der Waals surface area contributed by atoms with Gasteiger partial charge in [0.05, 0.1) is 5.03 Å². The predicted molar refractivity (Wildman–Crippen MR) is 102 cm³/mol. The lowest BCUT2D eigenvalue weighted by Gasteiger charge is -2.17. The van der Waals surface area contributed by atoms with Crippen LogP contribution in [-0.2, 0) is 11.3 Å². The molecule has 3 rings (SSSR count). The van der Waals surface area contributed by atoms with E-state index in [0.29, 0.717) is 6.54 Å². The fraction of sp³-hybridized carbons (Fsp3) is 0.143. The number of thioether (sulfide) groups is 1. The van der Waals surface area contributed by atoms with Crippen LogP contribution in [0.3, 0.4) is 0 Å². The lowest BCUT2D eigenvalue weighted by molar-refractivity contribution is -0.120. The molecule has 0 aliphatic heterocycles. The molecule has 1 amide bonds. The van der Waals surface area contributed by atoms with Crippen molar-refractivity contribution in [3.05, 3.63) is 95.7 Å². The lowest BCUT2D eigenvalue weighted by atomic mass is 10.1. The number of amides is 1. The molecule has 0 radical (unpaired) electrons. The van der Waals surface area contributed by atoms with Gasteiger partial charge < -0.3 is 5.32 Å². The van der Waals surface area contributed by atoms with Crippen LogP contribution in [0.25, 0.3) is 0 Å². The van der Waals surface area contributed by atoms with Crippen molar-refractivity contribution < 1.29 is 4.79 Å². The number of nitrogens with zero attached hydrogens (tertiary/aromatic N) is 1. The lowest BCUT2D eigenvalue weighted by Crippen LogP contribution is -2.27. The molecule has 1 N–H and O–H groups in total. The van der Waals surface area contributed by atoms with Crippen molar-refractivity contribution in [2.45, 2.75) is 23.7 Å². The highest BCUT2D eigenvalue weighted by atomic mass is 32.2. The van der Waals surface area contributed by atoms with Gasteiger partial charge in [-0.3, -0.25) is 4.79 Å². The highest BCUT2D eigenvalue weighted by Gasteiger charge is 2.22. The summed E-state index contributed by atoms with van der Waals surface area (Å²) >= 11 is 1.48. The fourth-order valence-electron chi connectivity index (χ4n) is 2.48. The van der Waals surface area contributed by atoms with Crippen LogP contribution >= 0.6 is 11.8 Å². The summed E-state index contributed by atoms with van der Waals surface area (Å²) in [6, 6.07) is 25.6. The van der Waals surface area contributed by atoms with Gasteiger partial charge in [0.15, 0.2) is 0 Å². The molecule has 0 bridgehead atoms. The summed E-state index contributed by atoms with van der Waals surface area (Å²) in [5, 5.41) is 3.56. The number of carbonyl (C=O) groups excluding carboxylic acids is 1. The molecule has 4 heteroatoms. The topological polar surface area (TPSA) is 42.0 Å². The first-order chi connectivity index (χ1) is 12.2. The molecule has 126 valence electrons. The average molecular weight is 348 g/mol. The van der Waals surface area contributed by atoms with Gasteiger partial charge in [0.25, 0.3) is 0 Å². The Morgan fingerprint density at radius 2 is 1.64 bits per heavy atom. The van der Waals surface area contributed by atoms with Crippen molar-refractivity contribution in [2.75, 3.05) is 0 Å². The molecule has 2 aromatic carbocycles. The average Bonchev–Trinajstić information content (AvgIpc) is 2.66. The second kappa shape index (κ2) is 8.49. The molecule has 3 aromatic rings. The molecule has 1 unspecified atom stereocenters. The van der Waals surface area contributed by atoms with Crippen molar-refractivity contribution in [1.29, 1.82) is 0 Å². The summed E-state index contributed by atoms with van der Waals surface area (Å²) in [5.74, 6) is -0.0108. The van der Waals surface area contributed by atoms with Crippen molar-refractivity contribution >= 4 is 17.7 Å². The van der Waals surface area contributed by atoms with Gasteiger partial charge in [-0.25, -0.2) is 4.98 Å². The minimum Gasteiger partial charge on any atom is -0.351 e. The van der Waals surface area contributed by atoms with Crippen molar-refractivity contribution in [3.63, 3.8) is 0 Å². The van der Waals surface area contributed by atoms with E-state index >= 15 is 0 Å². The summed E-state index contributed by atoms with van der Waals surface area (Å²) in [6.07, 6.45) is 0. The van der Waals surface area contributed by atoms with E-state index in [9.17, 15) is 4.79 Å². The third-order valence-corrected chi connectivity index (χ3v) is 4.94. The van der Waals surface area contributed by atoms with E-state index in [1.165, 1.54) is 11.8 Å². The van der Waals surface area contributed by atoms with E-state index in [1.54, 1.807) is 0 Å². The Bertz CT molecular complexity index is 822. The van der Waals surface area contributed by atoms with Gasteiger partial charge in [0, 0.05) is 12.2 Å². The van der Waals surface area contributed by atoms with Crippen LogP contribution in [0.5, 0.6) is 0 Å². The molecule has 1 heterocycles. The van der Waals surface area contributed by atoms with Crippen LogP contribution in [0, 0.1) is 6.92 Å². The van der Waals surface area contributed by atoms with Gasteiger partial charge in [-0.2, -0.15) is 0 Å². The number of benzene rings is 2. The Kier molecular flexibility index (Phi) is 5.86. The van der Waals surface area contributed by atoms with E-state index < -0.39 is 0 Å². The minimum absolute atomic E-state index is 0.0108. The molecule has 3 nitrogen and oxygen atoms in total. The molecular weight excluding hydrogens is 328 g/mol. The van der Waals surface area contributed by atoms with E-state index in [0.717, 1.165) is 21.8 Å². The summed E-state index contributed by atoms with van der Waals surface area (Å²) in [4.78, 5) is 17.4. The second-order valence-electron chi connectivity index (χ2n) is 5.73. The Hall–Kier alpha value is -2.59. The number of rotatable bonds is 6. The first-order valence-corrected chi connectivity index (χ1v) is 9.07. The van der Waals surface area contributed by atoms with Gasteiger partial charge >= 0.3 is 0 Å². The number of hydrogen-bond acceptors (Lipinski definition) is 3. The third-order valence-electron chi connectivity index (χ3n) is 3.75. The summed E-state index contributed by atoms with van der Waals surface area (Å²) in [5.41, 5.74) is 3.00. The van der Waals surface area contributed by atoms with E-state index in [4.69, 9.17) is 0 Å². The highest BCUT2D eigenvalue weighted by Crippen LogP contribution is 2.34. The highest BCUT2D eigenvalue weighted by molar-refractivity contribution is 8.00. The quantitative estimate of drug-likeness (QED) is 0.665. The standard InChI is InChI=1S/C21H20N2OS/c1-16-9-8-14-19(23-16)25-20(18-12-6-3-7-13-18)21(24)22-15-17-10-4-2-5-11-17/h2-14,20H,15H2,1H3,(H,22,24). The van der Waals surface area contributed by atoms with Crippen LogP contribution in [0.1, 0.15) is 22.1 Å². The first-order valence-electron chi connectivity index (χ1n) is 8.19. The number of carbonyl (C=O) groups is 1. The minimum atomic E-state index is -0.334. The Balaban J connectivity index is 1.77. The fourth-order valence-corrected chi connectivity index (χ4v) is 3.56. The molecule has 1 atom stereocenters. The SMILES string of the molecule is Cc1cccc(SC(C(=O)NCc2ccccc2)c2ccccc2)n1. The normalized spacial score (nSPS) is 11.7. The maximum absolute atomic E-state index is 12.8. The molecule has 1 aromatic heterocycles. The molecule has 25 heavy (non-hydrogen) atoms. The van der Waals surface area contributed by atoms with Crippen LogP contribution < -0.4 is 5.32 Å². The number of aromatic nitrogens is 1. The third kappa shape index (κ3) is 4.94. The zero-order valence-corrected chi connectivity index (χ0v) is 14.9. The monoisotopic (exact) mass is 348 g/mol. The number of aryl methyl sites for hydroxylation is 1. The largest absolute Gasteiger partial charge is 0.351 e. The van der Waals surface area contributed by atoms with E-state index in [-0.39, 0.29) is 11.2 Å². The van der Waals surface area contributed by atoms with Crippen molar-refractivity contribution in [1.82, 2.24) is 10.3 Å². The van der Waals surface area contributed by atoms with E-state index in [1.807, 2.05) is 85.8 Å². The van der Waals surface area contributed by atoms with Crippen molar-refractivity contribution in [2.24, 2.45) is 0 Å². The Morgan fingerprint density at radius 3 is 2.32 bits per heavy atom. The van der Waals surface area contributed by atoms with Crippen LogP contribution in [0.2, 0.25) is 0 Å². The maximum atomic E-state index is 12.8. The van der Waals surface area contributed by atoms with Gasteiger partial charge in [0.1, 0.15) is 5.25 Å². The summed E-state index contributed by atoms with van der Waals surface area (Å²) in [6.45, 7) is 2.47. The number of nitrogens with one attached hydrogen (secondary N) is 1.